The lowest BCUT2D eigenvalue weighted by Crippen LogP contribution is -2.08. The molecule has 7 aromatic carbocycles. The average Bonchev–Trinajstić information content (AvgIpc) is 3.56. The topological polar surface area (TPSA) is 75.6 Å². The van der Waals surface area contributed by atoms with Crippen molar-refractivity contribution in [2.24, 2.45) is 0 Å². The summed E-state index contributed by atoms with van der Waals surface area (Å²) in [5.41, 5.74) is 26.5. The lowest BCUT2D eigenvalue weighted by atomic mass is 9.90. The molecule has 13 rings (SSSR count). The van der Waals surface area contributed by atoms with Crippen LogP contribution in [0.25, 0.3) is 122 Å². The highest BCUT2D eigenvalue weighted by atomic mass is 14.8. The number of hydrogen-bond acceptors (Lipinski definition) is 6. The van der Waals surface area contributed by atoms with E-state index in [0.717, 1.165) is 147 Å². The lowest BCUT2D eigenvalue weighted by Gasteiger charge is -2.15. The van der Waals surface area contributed by atoms with E-state index in [4.69, 9.17) is 9.97 Å². The van der Waals surface area contributed by atoms with Gasteiger partial charge < -0.3 is 10.6 Å². The van der Waals surface area contributed by atoms with Crippen molar-refractivity contribution >= 4 is 11.1 Å². The number of pyridine rings is 4. The predicted molar refractivity (Wildman–Crippen MR) is 322 cm³/mol. The summed E-state index contributed by atoms with van der Waals surface area (Å²) in [6.07, 6.45) is 28.2. The largest absolute Gasteiger partial charge is 0.387 e. The van der Waals surface area contributed by atoms with Crippen molar-refractivity contribution in [3.8, 4) is 111 Å². The van der Waals surface area contributed by atoms with E-state index < -0.39 is 0 Å². The van der Waals surface area contributed by atoms with Gasteiger partial charge in [0.2, 0.25) is 0 Å². The molecule has 0 amide bonds. The molecule has 2 aliphatic heterocycles. The zero-order chi connectivity index (χ0) is 52.0. The number of hydrogen-bond donors (Lipinski definition) is 2. The van der Waals surface area contributed by atoms with Gasteiger partial charge in [-0.3, -0.25) is 19.9 Å². The lowest BCUT2D eigenvalue weighted by molar-refractivity contribution is 0.976. The number of nitrogens with zero attached hydrogens (tertiary/aromatic N) is 4. The van der Waals surface area contributed by atoms with E-state index in [1.54, 1.807) is 0 Å². The smallest absolute Gasteiger partial charge is 0.0346 e. The van der Waals surface area contributed by atoms with Gasteiger partial charge >= 0.3 is 0 Å². The fraction of sp³-hybridized carbons (Fsp3) is 0.0278. The molecule has 0 unspecified atom stereocenters. The Hall–Kier alpha value is -10.3. The molecule has 4 aromatic heterocycles. The van der Waals surface area contributed by atoms with Crippen molar-refractivity contribution in [3.05, 3.63) is 292 Å². The first-order valence-corrected chi connectivity index (χ1v) is 26.4. The van der Waals surface area contributed by atoms with Crippen LogP contribution in [0.4, 0.5) is 0 Å². The van der Waals surface area contributed by atoms with Gasteiger partial charge in [-0.2, -0.15) is 0 Å². The Morgan fingerprint density at radius 1 is 0.231 bits per heavy atom. The fourth-order valence-electron chi connectivity index (χ4n) is 10.5. The molecule has 6 heteroatoms. The summed E-state index contributed by atoms with van der Waals surface area (Å²) < 4.78 is 0. The molecule has 0 atom stereocenters. The van der Waals surface area contributed by atoms with E-state index in [9.17, 15) is 0 Å². The molecule has 2 N–H and O–H groups in total. The number of benzene rings is 7. The maximum absolute atomic E-state index is 4.89. The fourth-order valence-corrected chi connectivity index (χ4v) is 10.5. The van der Waals surface area contributed by atoms with Gasteiger partial charge in [0.05, 0.1) is 0 Å². The monoisotopic (exact) mass is 1000 g/mol. The van der Waals surface area contributed by atoms with Crippen molar-refractivity contribution in [3.63, 3.8) is 0 Å². The van der Waals surface area contributed by atoms with Crippen LogP contribution in [0.1, 0.15) is 11.1 Å². The van der Waals surface area contributed by atoms with E-state index in [1.165, 1.54) is 0 Å². The van der Waals surface area contributed by atoms with Gasteiger partial charge in [-0.15, -0.1) is 0 Å². The Morgan fingerprint density at radius 2 is 0.474 bits per heavy atom. The highest BCUT2D eigenvalue weighted by Gasteiger charge is 2.15. The standard InChI is InChI=1S/C72H52N6/c1-10-49(59-20-6-24-73-41-59)28-53(14-1)63-33-64(54-15-2-11-50(29-54)60-21-7-25-74-42-60)36-67(35-63)71-39-69(45-77-47-71)57-18-5-19-58(32-57)70-40-72(48-78-46-70)68-37-65(55-16-3-12-51(30-55)61-22-8-26-75-43-61)34-66(38-68)56-17-4-13-52(31-56)62-23-9-27-76-44-62/h1-24,26,28-48,74,76H,25,27H2. The molecule has 0 saturated carbocycles. The summed E-state index contributed by atoms with van der Waals surface area (Å²) in [4.78, 5) is 18.6. The zero-order valence-electron chi connectivity index (χ0n) is 42.8. The van der Waals surface area contributed by atoms with Crippen molar-refractivity contribution in [2.45, 2.75) is 0 Å². The number of nitrogens with one attached hydrogen (secondary N) is 2. The van der Waals surface area contributed by atoms with Crippen LogP contribution in [-0.4, -0.2) is 33.0 Å². The maximum atomic E-state index is 4.89. The molecule has 0 saturated heterocycles. The van der Waals surface area contributed by atoms with Crippen LogP contribution in [0.5, 0.6) is 0 Å². The summed E-state index contributed by atoms with van der Waals surface area (Å²) in [6, 6.07) is 70.3. The molecule has 0 aliphatic carbocycles. The number of allylic oxidation sites excluding steroid dienone is 4. The second kappa shape index (κ2) is 21.5. The second-order valence-corrected chi connectivity index (χ2v) is 19.7. The van der Waals surface area contributed by atoms with Gasteiger partial charge in [-0.05, 0) is 191 Å². The third-order valence-corrected chi connectivity index (χ3v) is 14.6. The van der Waals surface area contributed by atoms with Gasteiger partial charge in [0.15, 0.2) is 0 Å². The zero-order valence-corrected chi connectivity index (χ0v) is 42.8. The molecule has 0 spiro atoms. The first-order valence-electron chi connectivity index (χ1n) is 26.4. The van der Waals surface area contributed by atoms with Gasteiger partial charge in [0, 0.05) is 108 Å². The van der Waals surface area contributed by atoms with Crippen molar-refractivity contribution in [1.29, 1.82) is 0 Å². The molecule has 6 nitrogen and oxygen atoms in total. The van der Waals surface area contributed by atoms with Crippen LogP contribution >= 0.6 is 0 Å². The van der Waals surface area contributed by atoms with E-state index in [2.05, 4.69) is 239 Å². The van der Waals surface area contributed by atoms with E-state index in [0.29, 0.717) is 0 Å². The van der Waals surface area contributed by atoms with Crippen molar-refractivity contribution in [1.82, 2.24) is 30.6 Å². The summed E-state index contributed by atoms with van der Waals surface area (Å²) in [6.45, 7) is 1.67. The molecular weight excluding hydrogens is 949 g/mol. The second-order valence-electron chi connectivity index (χ2n) is 19.7. The van der Waals surface area contributed by atoms with Gasteiger partial charge in [0.25, 0.3) is 0 Å². The molecule has 0 bridgehead atoms. The Balaban J connectivity index is 0.863. The molecule has 78 heavy (non-hydrogen) atoms. The van der Waals surface area contributed by atoms with E-state index in [1.807, 2.05) is 61.7 Å². The Bertz CT molecular complexity index is 3890. The minimum absolute atomic E-state index is 0.835. The summed E-state index contributed by atoms with van der Waals surface area (Å²) in [5, 5.41) is 6.75. The molecule has 0 fully saturated rings. The number of dihydropyridines is 2. The molecular formula is C72H52N6. The van der Waals surface area contributed by atoms with Crippen LogP contribution < -0.4 is 10.6 Å². The molecule has 6 heterocycles. The SMILES string of the molecule is C1=CC(c2cccc(-c3cc(-c4cccc(-c5cccnc5)c4)cc(-c4cncc(-c5cccc(-c6cncc(-c7cc(-c8cccc(C9=CNCC=C9)c8)cc(-c8cccc(-c9cccnc9)c8)c7)c6)c5)c4)c3)c2)=CNC1. The van der Waals surface area contributed by atoms with Crippen LogP contribution in [0.2, 0.25) is 0 Å². The third-order valence-electron chi connectivity index (χ3n) is 14.6. The van der Waals surface area contributed by atoms with Crippen LogP contribution in [0, 0.1) is 0 Å². The van der Waals surface area contributed by atoms with E-state index in [-0.39, 0.29) is 0 Å². The quantitative estimate of drug-likeness (QED) is 0.127. The van der Waals surface area contributed by atoms with Crippen molar-refractivity contribution < 1.29 is 0 Å². The van der Waals surface area contributed by atoms with Crippen LogP contribution in [-0.2, 0) is 0 Å². The highest BCUT2D eigenvalue weighted by Crippen LogP contribution is 2.39. The molecule has 11 aromatic rings. The van der Waals surface area contributed by atoms with Gasteiger partial charge in [-0.25, -0.2) is 0 Å². The highest BCUT2D eigenvalue weighted by molar-refractivity contribution is 5.88. The average molecular weight is 1000 g/mol. The predicted octanol–water partition coefficient (Wildman–Crippen LogP) is 16.9. The minimum atomic E-state index is 0.835. The minimum Gasteiger partial charge on any atom is -0.387 e. The summed E-state index contributed by atoms with van der Waals surface area (Å²) in [5.74, 6) is 0. The Morgan fingerprint density at radius 3 is 0.795 bits per heavy atom. The third kappa shape index (κ3) is 10.3. The number of aromatic nitrogens is 4. The number of rotatable bonds is 12. The van der Waals surface area contributed by atoms with Gasteiger partial charge in [-0.1, -0.05) is 127 Å². The van der Waals surface area contributed by atoms with Crippen molar-refractivity contribution in [2.75, 3.05) is 13.1 Å². The molecule has 2 aliphatic rings. The first kappa shape index (κ1) is 47.4. The summed E-state index contributed by atoms with van der Waals surface area (Å²) >= 11 is 0. The Labute approximate surface area is 455 Å². The van der Waals surface area contributed by atoms with Crippen LogP contribution in [0.15, 0.2) is 280 Å². The normalized spacial score (nSPS) is 12.8. The van der Waals surface area contributed by atoms with Gasteiger partial charge in [0.1, 0.15) is 0 Å². The first-order chi connectivity index (χ1) is 38.6. The summed E-state index contributed by atoms with van der Waals surface area (Å²) in [7, 11) is 0. The molecule has 0 radical (unpaired) electrons. The molecule has 370 valence electrons. The maximum Gasteiger partial charge on any atom is 0.0346 e. The van der Waals surface area contributed by atoms with E-state index >= 15 is 0 Å². The van der Waals surface area contributed by atoms with Crippen LogP contribution in [0.3, 0.4) is 0 Å². The Kier molecular flexibility index (Phi) is 13.1.